The van der Waals surface area contributed by atoms with Gasteiger partial charge in [0, 0.05) is 0 Å². The predicted octanol–water partition coefficient (Wildman–Crippen LogP) is 4.88. The van der Waals surface area contributed by atoms with Gasteiger partial charge in [0.2, 0.25) is 0 Å². The van der Waals surface area contributed by atoms with Gasteiger partial charge in [0.25, 0.3) is 15.9 Å². The lowest BCUT2D eigenvalue weighted by Crippen LogP contribution is -2.40. The molecule has 1 amide bonds. The van der Waals surface area contributed by atoms with E-state index in [1.807, 2.05) is 65.8 Å². The molecule has 7 heteroatoms. The molecule has 0 bridgehead atoms. The van der Waals surface area contributed by atoms with Gasteiger partial charge in [0.15, 0.2) is 0 Å². The number of carbonyl (C=O) groups is 1. The highest BCUT2D eigenvalue weighted by Crippen LogP contribution is 2.28. The van der Waals surface area contributed by atoms with Crippen LogP contribution in [0.3, 0.4) is 0 Å². The Hall–Kier alpha value is -3.45. The first-order chi connectivity index (χ1) is 16.0. The smallest absolute Gasteiger partial charge is 0.264 e. The first-order valence-electron chi connectivity index (χ1n) is 11.1. The van der Waals surface area contributed by atoms with Gasteiger partial charge < -0.3 is 0 Å². The fourth-order valence-corrected chi connectivity index (χ4v) is 5.06. The Kier molecular flexibility index (Phi) is 7.57. The van der Waals surface area contributed by atoms with Crippen LogP contribution in [0.1, 0.15) is 38.9 Å². The molecule has 0 aliphatic rings. The number of nitrogens with one attached hydrogen (secondary N) is 1. The highest BCUT2D eigenvalue weighted by Gasteiger charge is 2.28. The summed E-state index contributed by atoms with van der Waals surface area (Å²) in [5, 5.41) is 4.08. The number of benzene rings is 3. The lowest BCUT2D eigenvalue weighted by atomic mass is 10.00. The Labute approximate surface area is 202 Å². The molecule has 34 heavy (non-hydrogen) atoms. The van der Waals surface area contributed by atoms with Crippen LogP contribution in [0.5, 0.6) is 0 Å². The van der Waals surface area contributed by atoms with Crippen molar-refractivity contribution in [3.8, 4) is 0 Å². The monoisotopic (exact) mass is 477 g/mol. The van der Waals surface area contributed by atoms with Crippen molar-refractivity contribution in [1.82, 2.24) is 5.43 Å². The molecule has 0 fully saturated rings. The van der Waals surface area contributed by atoms with Crippen LogP contribution >= 0.6 is 0 Å². The van der Waals surface area contributed by atoms with E-state index in [1.54, 1.807) is 36.5 Å². The van der Waals surface area contributed by atoms with Gasteiger partial charge in [-0.3, -0.25) is 9.10 Å². The molecule has 1 N–H and O–H groups in total. The van der Waals surface area contributed by atoms with Crippen LogP contribution < -0.4 is 9.73 Å². The minimum Gasteiger partial charge on any atom is -0.271 e. The van der Waals surface area contributed by atoms with Gasteiger partial charge >= 0.3 is 0 Å². The van der Waals surface area contributed by atoms with E-state index in [9.17, 15) is 13.2 Å². The van der Waals surface area contributed by atoms with Crippen molar-refractivity contribution in [3.63, 3.8) is 0 Å². The van der Waals surface area contributed by atoms with E-state index in [2.05, 4.69) is 10.5 Å². The minimum absolute atomic E-state index is 0.126. The van der Waals surface area contributed by atoms with Gasteiger partial charge in [0.1, 0.15) is 6.54 Å². The number of sulfonamides is 1. The number of anilines is 1. The number of rotatable bonds is 7. The van der Waals surface area contributed by atoms with E-state index in [0.29, 0.717) is 5.69 Å². The Bertz CT molecular complexity index is 1340. The van der Waals surface area contributed by atoms with Crippen molar-refractivity contribution < 1.29 is 13.2 Å². The number of amides is 1. The summed E-state index contributed by atoms with van der Waals surface area (Å²) in [6.45, 7) is 11.3. The van der Waals surface area contributed by atoms with Crippen molar-refractivity contribution in [2.45, 2.75) is 46.4 Å². The molecule has 0 radical (unpaired) electrons. The molecule has 0 spiro atoms. The average Bonchev–Trinajstić information content (AvgIpc) is 2.79. The van der Waals surface area contributed by atoms with Crippen LogP contribution in [0, 0.1) is 41.5 Å². The van der Waals surface area contributed by atoms with Crippen LogP contribution in [0.25, 0.3) is 0 Å². The molecule has 6 nitrogen and oxygen atoms in total. The summed E-state index contributed by atoms with van der Waals surface area (Å²) in [7, 11) is -3.98. The molecule has 3 rings (SSSR count). The fraction of sp³-hybridized carbons (Fsp3) is 0.259. The highest BCUT2D eigenvalue weighted by atomic mass is 32.2. The lowest BCUT2D eigenvalue weighted by Gasteiger charge is -2.25. The summed E-state index contributed by atoms with van der Waals surface area (Å²) in [6.07, 6.45) is 1.58. The number of nitrogens with zero attached hydrogens (tertiary/aromatic N) is 2. The molecule has 3 aromatic carbocycles. The van der Waals surface area contributed by atoms with E-state index in [0.717, 1.165) is 32.1 Å². The van der Waals surface area contributed by atoms with Crippen molar-refractivity contribution in [2.75, 3.05) is 10.8 Å². The van der Waals surface area contributed by atoms with Crippen LogP contribution in [-0.2, 0) is 14.8 Å². The summed E-state index contributed by atoms with van der Waals surface area (Å²) in [6, 6.07) is 16.1. The molecular formula is C27H31N3O3S. The quantitative estimate of drug-likeness (QED) is 0.389. The molecule has 178 valence electrons. The molecule has 0 saturated heterocycles. The second-order valence-electron chi connectivity index (χ2n) is 8.63. The fourth-order valence-electron chi connectivity index (χ4n) is 3.58. The number of hydrazone groups is 1. The van der Waals surface area contributed by atoms with Crippen molar-refractivity contribution >= 4 is 27.8 Å². The second-order valence-corrected chi connectivity index (χ2v) is 10.5. The Morgan fingerprint density at radius 3 is 2.15 bits per heavy atom. The van der Waals surface area contributed by atoms with Crippen molar-refractivity contribution in [3.05, 3.63) is 93.5 Å². The van der Waals surface area contributed by atoms with Crippen molar-refractivity contribution in [2.24, 2.45) is 5.10 Å². The minimum atomic E-state index is -3.98. The molecule has 0 heterocycles. The SMILES string of the molecule is Cc1ccc(S(=O)(=O)N(CC(=O)N/N=C\c2ccc(C)c(C)c2C)c2cc(C)ccc2C)cc1. The van der Waals surface area contributed by atoms with Crippen LogP contribution in [-0.4, -0.2) is 27.1 Å². The summed E-state index contributed by atoms with van der Waals surface area (Å²) in [5.41, 5.74) is 9.87. The zero-order chi connectivity index (χ0) is 25.0. The molecule has 0 aromatic heterocycles. The summed E-state index contributed by atoms with van der Waals surface area (Å²) in [5.74, 6) is -0.533. The number of hydrogen-bond donors (Lipinski definition) is 1. The topological polar surface area (TPSA) is 78.8 Å². The van der Waals surface area contributed by atoms with Gasteiger partial charge in [-0.25, -0.2) is 13.8 Å². The largest absolute Gasteiger partial charge is 0.271 e. The molecular weight excluding hydrogens is 446 g/mol. The van der Waals surface area contributed by atoms with Crippen LogP contribution in [0.2, 0.25) is 0 Å². The number of aryl methyl sites for hydroxylation is 4. The number of hydrogen-bond acceptors (Lipinski definition) is 4. The molecule has 3 aromatic rings. The molecule has 0 saturated carbocycles. The van der Waals surface area contributed by atoms with E-state index in [1.165, 1.54) is 11.1 Å². The van der Waals surface area contributed by atoms with Crippen LogP contribution in [0.15, 0.2) is 64.6 Å². The summed E-state index contributed by atoms with van der Waals surface area (Å²) < 4.78 is 28.3. The maximum atomic E-state index is 13.6. The van der Waals surface area contributed by atoms with Gasteiger partial charge in [0.05, 0.1) is 16.8 Å². The Balaban J connectivity index is 1.90. The summed E-state index contributed by atoms with van der Waals surface area (Å²) >= 11 is 0. The predicted molar refractivity (Wildman–Crippen MR) is 138 cm³/mol. The summed E-state index contributed by atoms with van der Waals surface area (Å²) in [4.78, 5) is 12.9. The lowest BCUT2D eigenvalue weighted by molar-refractivity contribution is -0.119. The zero-order valence-corrected chi connectivity index (χ0v) is 21.3. The van der Waals surface area contributed by atoms with E-state index < -0.39 is 22.5 Å². The van der Waals surface area contributed by atoms with Gasteiger partial charge in [-0.15, -0.1) is 0 Å². The third-order valence-corrected chi connectivity index (χ3v) is 7.80. The Morgan fingerprint density at radius 1 is 0.853 bits per heavy atom. The van der Waals surface area contributed by atoms with Gasteiger partial charge in [-0.05, 0) is 93.1 Å². The Morgan fingerprint density at radius 2 is 1.47 bits per heavy atom. The maximum Gasteiger partial charge on any atom is 0.264 e. The first kappa shape index (κ1) is 25.2. The number of carbonyl (C=O) groups excluding carboxylic acids is 1. The normalized spacial score (nSPS) is 11.6. The third kappa shape index (κ3) is 5.54. The van der Waals surface area contributed by atoms with Gasteiger partial charge in [-0.1, -0.05) is 42.0 Å². The second kappa shape index (κ2) is 10.2. The molecule has 0 atom stereocenters. The standard InChI is InChI=1S/C27H31N3O3S/c1-18-8-13-25(14-9-18)34(32,33)30(26-15-19(2)7-10-21(26)4)17-27(31)29-28-16-24-12-11-20(3)22(5)23(24)6/h7-16H,17H2,1-6H3,(H,29,31)/b28-16-. The van der Waals surface area contributed by atoms with E-state index >= 15 is 0 Å². The third-order valence-electron chi connectivity index (χ3n) is 6.02. The average molecular weight is 478 g/mol. The van der Waals surface area contributed by atoms with E-state index in [4.69, 9.17) is 0 Å². The molecule has 0 unspecified atom stereocenters. The van der Waals surface area contributed by atoms with Gasteiger partial charge in [-0.2, -0.15) is 5.10 Å². The first-order valence-corrected chi connectivity index (χ1v) is 12.5. The van der Waals surface area contributed by atoms with Crippen LogP contribution in [0.4, 0.5) is 5.69 Å². The molecule has 0 aliphatic heterocycles. The van der Waals surface area contributed by atoms with Crippen molar-refractivity contribution in [1.29, 1.82) is 0 Å². The zero-order valence-electron chi connectivity index (χ0n) is 20.5. The molecule has 0 aliphatic carbocycles. The maximum absolute atomic E-state index is 13.6. The highest BCUT2D eigenvalue weighted by molar-refractivity contribution is 7.92. The van der Waals surface area contributed by atoms with E-state index in [-0.39, 0.29) is 4.90 Å².